The summed E-state index contributed by atoms with van der Waals surface area (Å²) >= 11 is 0. The molecule has 122 valence electrons. The first-order chi connectivity index (χ1) is 12.1. The molecular weight excluding hydrogens is 312 g/mol. The van der Waals surface area contributed by atoms with E-state index < -0.39 is 5.91 Å². The molecular formula is C20H16N4O. The lowest BCUT2D eigenvalue weighted by Gasteiger charge is -2.07. The third kappa shape index (κ3) is 2.52. The second-order valence-electron chi connectivity index (χ2n) is 5.76. The number of carbonyl (C=O) groups excluding carboxylic acids is 1. The van der Waals surface area contributed by atoms with Crippen molar-refractivity contribution in [3.8, 4) is 5.69 Å². The van der Waals surface area contributed by atoms with Gasteiger partial charge in [-0.05, 0) is 30.3 Å². The van der Waals surface area contributed by atoms with E-state index in [0.29, 0.717) is 5.56 Å². The van der Waals surface area contributed by atoms with Gasteiger partial charge in [-0.15, -0.1) is 0 Å². The Balaban J connectivity index is 2.06. The smallest absolute Gasteiger partial charge is 0.280 e. The number of nitrogens with two attached hydrogens (primary N) is 2. The summed E-state index contributed by atoms with van der Waals surface area (Å²) in [4.78, 5) is 15.8. The number of carbonyl (C=O) groups is 1. The van der Waals surface area contributed by atoms with Crippen LogP contribution < -0.4 is 11.5 Å². The summed E-state index contributed by atoms with van der Waals surface area (Å²) in [6.45, 7) is 0. The highest BCUT2D eigenvalue weighted by Gasteiger charge is 2.14. The second-order valence-corrected chi connectivity index (χ2v) is 5.76. The Morgan fingerprint density at radius 2 is 1.48 bits per heavy atom. The number of aromatic nitrogens is 1. The normalized spacial score (nSPS) is 10.9. The molecule has 5 heteroatoms. The molecule has 25 heavy (non-hydrogen) atoms. The molecule has 1 heterocycles. The van der Waals surface area contributed by atoms with Crippen LogP contribution in [-0.2, 0) is 0 Å². The molecule has 0 aliphatic heterocycles. The lowest BCUT2D eigenvalue weighted by Crippen LogP contribution is -2.24. The van der Waals surface area contributed by atoms with Gasteiger partial charge in [-0.2, -0.15) is 4.99 Å². The molecule has 0 fully saturated rings. The van der Waals surface area contributed by atoms with Gasteiger partial charge in [0, 0.05) is 22.0 Å². The van der Waals surface area contributed by atoms with Crippen LogP contribution >= 0.6 is 0 Å². The largest absolute Gasteiger partial charge is 0.370 e. The summed E-state index contributed by atoms with van der Waals surface area (Å²) in [5.41, 5.74) is 14.1. The van der Waals surface area contributed by atoms with Crippen molar-refractivity contribution in [1.82, 2.24) is 4.57 Å². The summed E-state index contributed by atoms with van der Waals surface area (Å²) in [6, 6.07) is 23.7. The zero-order chi connectivity index (χ0) is 17.4. The number of hydrogen-bond acceptors (Lipinski definition) is 1. The highest BCUT2D eigenvalue weighted by atomic mass is 16.1. The molecule has 0 saturated heterocycles. The van der Waals surface area contributed by atoms with Crippen molar-refractivity contribution < 1.29 is 4.79 Å². The molecule has 3 aromatic carbocycles. The maximum Gasteiger partial charge on any atom is 0.280 e. The Morgan fingerprint density at radius 1 is 0.800 bits per heavy atom. The first kappa shape index (κ1) is 15.0. The maximum atomic E-state index is 12.2. The lowest BCUT2D eigenvalue weighted by molar-refractivity contribution is 0.100. The van der Waals surface area contributed by atoms with Gasteiger partial charge >= 0.3 is 0 Å². The monoisotopic (exact) mass is 328 g/mol. The highest BCUT2D eigenvalue weighted by molar-refractivity contribution is 6.12. The lowest BCUT2D eigenvalue weighted by atomic mass is 10.1. The summed E-state index contributed by atoms with van der Waals surface area (Å²) in [5, 5.41) is 2.20. The van der Waals surface area contributed by atoms with E-state index in [4.69, 9.17) is 11.5 Å². The highest BCUT2D eigenvalue weighted by Crippen LogP contribution is 2.32. The molecule has 4 N–H and O–H groups in total. The van der Waals surface area contributed by atoms with Gasteiger partial charge in [-0.3, -0.25) is 4.79 Å². The van der Waals surface area contributed by atoms with E-state index >= 15 is 0 Å². The van der Waals surface area contributed by atoms with Gasteiger partial charge in [0.15, 0.2) is 5.96 Å². The molecule has 0 bridgehead atoms. The summed E-state index contributed by atoms with van der Waals surface area (Å²) in [7, 11) is 0. The van der Waals surface area contributed by atoms with E-state index in [1.54, 1.807) is 6.07 Å². The van der Waals surface area contributed by atoms with Crippen molar-refractivity contribution in [1.29, 1.82) is 0 Å². The van der Waals surface area contributed by atoms with Crippen LogP contribution in [0.1, 0.15) is 10.4 Å². The Hall–Kier alpha value is -3.60. The van der Waals surface area contributed by atoms with Crippen molar-refractivity contribution >= 4 is 33.7 Å². The fourth-order valence-corrected chi connectivity index (χ4v) is 3.14. The molecule has 0 saturated carbocycles. The summed E-state index contributed by atoms with van der Waals surface area (Å²) in [5.74, 6) is -0.694. The Bertz CT molecular complexity index is 1120. The Kier molecular flexibility index (Phi) is 3.47. The average molecular weight is 328 g/mol. The van der Waals surface area contributed by atoms with Gasteiger partial charge < -0.3 is 16.0 Å². The molecule has 4 aromatic rings. The quantitative estimate of drug-likeness (QED) is 0.437. The number of fused-ring (bicyclic) bond motifs is 3. The van der Waals surface area contributed by atoms with Gasteiger partial charge in [-0.25, -0.2) is 0 Å². The minimum Gasteiger partial charge on any atom is -0.370 e. The average Bonchev–Trinajstić information content (AvgIpc) is 2.95. The fraction of sp³-hybridized carbons (Fsp3) is 0. The number of hydrogen-bond donors (Lipinski definition) is 2. The third-order valence-electron chi connectivity index (χ3n) is 4.17. The SMILES string of the molecule is NC(N)=NC(=O)c1ccc2c3ccccc3n(-c3ccccc3)c2c1. The molecule has 5 nitrogen and oxygen atoms in total. The maximum absolute atomic E-state index is 12.2. The molecule has 0 atom stereocenters. The number of aliphatic imine (C=N–C) groups is 1. The summed E-state index contributed by atoms with van der Waals surface area (Å²) < 4.78 is 2.14. The van der Waals surface area contributed by atoms with E-state index in [0.717, 1.165) is 27.5 Å². The first-order valence-corrected chi connectivity index (χ1v) is 7.88. The van der Waals surface area contributed by atoms with Crippen LogP contribution in [0.25, 0.3) is 27.5 Å². The minimum atomic E-state index is -0.452. The predicted molar refractivity (Wildman–Crippen MR) is 101 cm³/mol. The first-order valence-electron chi connectivity index (χ1n) is 7.88. The Morgan fingerprint density at radius 3 is 2.24 bits per heavy atom. The van der Waals surface area contributed by atoms with E-state index in [1.807, 2.05) is 54.6 Å². The molecule has 0 aliphatic carbocycles. The van der Waals surface area contributed by atoms with Crippen molar-refractivity contribution in [2.75, 3.05) is 0 Å². The van der Waals surface area contributed by atoms with Crippen LogP contribution in [0.4, 0.5) is 0 Å². The van der Waals surface area contributed by atoms with Crippen LogP contribution in [-0.4, -0.2) is 16.4 Å². The number of rotatable bonds is 2. The zero-order valence-electron chi connectivity index (χ0n) is 13.4. The van der Waals surface area contributed by atoms with Gasteiger partial charge in [0.1, 0.15) is 0 Å². The van der Waals surface area contributed by atoms with Gasteiger partial charge in [0.05, 0.1) is 11.0 Å². The molecule has 0 radical (unpaired) electrons. The van der Waals surface area contributed by atoms with E-state index in [1.165, 1.54) is 0 Å². The van der Waals surface area contributed by atoms with Crippen LogP contribution in [0.2, 0.25) is 0 Å². The van der Waals surface area contributed by atoms with E-state index in [9.17, 15) is 4.79 Å². The fourth-order valence-electron chi connectivity index (χ4n) is 3.14. The molecule has 0 aliphatic rings. The predicted octanol–water partition coefficient (Wildman–Crippen LogP) is 3.20. The van der Waals surface area contributed by atoms with Crippen molar-refractivity contribution in [2.45, 2.75) is 0 Å². The molecule has 0 unspecified atom stereocenters. The van der Waals surface area contributed by atoms with Crippen LogP contribution in [0.3, 0.4) is 0 Å². The second kappa shape index (κ2) is 5.79. The van der Waals surface area contributed by atoms with Crippen molar-refractivity contribution in [3.05, 3.63) is 78.4 Å². The van der Waals surface area contributed by atoms with Crippen LogP contribution in [0.5, 0.6) is 0 Å². The van der Waals surface area contributed by atoms with Gasteiger partial charge in [-0.1, -0.05) is 42.5 Å². The number of para-hydroxylation sites is 2. The van der Waals surface area contributed by atoms with E-state index in [-0.39, 0.29) is 5.96 Å². The summed E-state index contributed by atoms with van der Waals surface area (Å²) in [6.07, 6.45) is 0. The zero-order valence-corrected chi connectivity index (χ0v) is 13.4. The number of amides is 1. The van der Waals surface area contributed by atoms with E-state index in [2.05, 4.69) is 21.7 Å². The Labute approximate surface area is 144 Å². The topological polar surface area (TPSA) is 86.4 Å². The van der Waals surface area contributed by atoms with Gasteiger partial charge in [0.2, 0.25) is 0 Å². The third-order valence-corrected chi connectivity index (χ3v) is 4.17. The van der Waals surface area contributed by atoms with Crippen LogP contribution in [0.15, 0.2) is 77.8 Å². The number of benzene rings is 3. The standard InChI is InChI=1S/C20H16N4O/c21-20(22)23-19(25)13-10-11-16-15-8-4-5-9-17(15)24(18(16)12-13)14-6-2-1-3-7-14/h1-12H,(H4,21,22,23,25). The molecule has 0 spiro atoms. The van der Waals surface area contributed by atoms with Gasteiger partial charge in [0.25, 0.3) is 5.91 Å². The molecule has 4 rings (SSSR count). The molecule has 1 aromatic heterocycles. The van der Waals surface area contributed by atoms with Crippen molar-refractivity contribution in [3.63, 3.8) is 0 Å². The number of guanidine groups is 1. The van der Waals surface area contributed by atoms with Crippen molar-refractivity contribution in [2.24, 2.45) is 16.5 Å². The number of nitrogens with zero attached hydrogens (tertiary/aromatic N) is 2. The van der Waals surface area contributed by atoms with Crippen LogP contribution in [0, 0.1) is 0 Å². The molecule has 1 amide bonds. The minimum absolute atomic E-state index is 0.242.